The molecule has 26 heavy (non-hydrogen) atoms. The molecular formula is C18H27ClF3N3O. The van der Waals surface area contributed by atoms with Crippen molar-refractivity contribution in [3.63, 3.8) is 0 Å². The Kier molecular flexibility index (Phi) is 7.92. The van der Waals surface area contributed by atoms with Gasteiger partial charge in [0.1, 0.15) is 6.04 Å². The number of piperazine rings is 1. The average molecular weight is 394 g/mol. The first-order valence-corrected chi connectivity index (χ1v) is 8.50. The minimum atomic E-state index is -4.38. The van der Waals surface area contributed by atoms with Crippen molar-refractivity contribution in [3.05, 3.63) is 35.4 Å². The summed E-state index contributed by atoms with van der Waals surface area (Å²) >= 11 is 0. The Morgan fingerprint density at radius 2 is 1.81 bits per heavy atom. The lowest BCUT2D eigenvalue weighted by Gasteiger charge is -2.36. The van der Waals surface area contributed by atoms with Gasteiger partial charge in [-0.3, -0.25) is 9.69 Å². The van der Waals surface area contributed by atoms with Gasteiger partial charge in [0.2, 0.25) is 5.91 Å². The molecule has 1 heterocycles. The van der Waals surface area contributed by atoms with Crippen molar-refractivity contribution in [2.24, 2.45) is 0 Å². The van der Waals surface area contributed by atoms with Gasteiger partial charge < -0.3 is 10.6 Å². The Bertz CT molecular complexity index is 602. The Hall–Kier alpha value is -1.31. The van der Waals surface area contributed by atoms with Gasteiger partial charge in [0.15, 0.2) is 0 Å². The van der Waals surface area contributed by atoms with E-state index in [0.29, 0.717) is 26.2 Å². The fourth-order valence-corrected chi connectivity index (χ4v) is 3.25. The molecule has 1 fully saturated rings. The minimum Gasteiger partial charge on any atom is -0.353 e. The van der Waals surface area contributed by atoms with Crippen molar-refractivity contribution in [1.29, 1.82) is 0 Å². The van der Waals surface area contributed by atoms with E-state index in [1.165, 1.54) is 4.90 Å². The second kappa shape index (κ2) is 9.06. The average Bonchev–Trinajstić information content (AvgIpc) is 2.54. The van der Waals surface area contributed by atoms with Crippen LogP contribution in [0.3, 0.4) is 0 Å². The lowest BCUT2D eigenvalue weighted by atomic mass is 9.81. The summed E-state index contributed by atoms with van der Waals surface area (Å²) in [6, 6.07) is 5.77. The molecule has 2 N–H and O–H groups in total. The maximum Gasteiger partial charge on any atom is 0.405 e. The summed E-state index contributed by atoms with van der Waals surface area (Å²) in [5.74, 6) is -0.397. The van der Waals surface area contributed by atoms with E-state index in [1.807, 2.05) is 31.2 Å². The third kappa shape index (κ3) is 5.34. The summed E-state index contributed by atoms with van der Waals surface area (Å²) in [5, 5.41) is 5.57. The molecule has 0 saturated carbocycles. The summed E-state index contributed by atoms with van der Waals surface area (Å²) < 4.78 is 40.3. The number of carbonyl (C=O) groups is 1. The standard InChI is InChI=1S/C18H26F3N3O.ClH/c1-13-6-4-5-7-14(13)17(2,3)16(25)23-12-15(18(19,20)21)24-10-8-22-9-11-24;/h4-7,15,22H,8-12H2,1-3H3,(H,23,25);1H. The molecule has 1 atom stereocenters. The number of amides is 1. The van der Waals surface area contributed by atoms with Crippen molar-refractivity contribution in [1.82, 2.24) is 15.5 Å². The van der Waals surface area contributed by atoms with Gasteiger partial charge in [-0.1, -0.05) is 24.3 Å². The van der Waals surface area contributed by atoms with Crippen LogP contribution >= 0.6 is 12.4 Å². The first-order valence-electron chi connectivity index (χ1n) is 8.50. The van der Waals surface area contributed by atoms with Gasteiger partial charge >= 0.3 is 6.18 Å². The molecule has 1 saturated heterocycles. The third-order valence-corrected chi connectivity index (χ3v) is 4.81. The molecule has 1 aliphatic heterocycles. The van der Waals surface area contributed by atoms with Crippen LogP contribution in [0.25, 0.3) is 0 Å². The zero-order valence-electron chi connectivity index (χ0n) is 15.3. The molecule has 0 aromatic heterocycles. The van der Waals surface area contributed by atoms with E-state index in [1.54, 1.807) is 13.8 Å². The van der Waals surface area contributed by atoms with Crippen LogP contribution in [0.1, 0.15) is 25.0 Å². The summed E-state index contributed by atoms with van der Waals surface area (Å²) in [6.45, 7) is 6.62. The molecule has 0 radical (unpaired) electrons. The van der Waals surface area contributed by atoms with Gasteiger partial charge in [-0.15, -0.1) is 12.4 Å². The van der Waals surface area contributed by atoms with Gasteiger partial charge in [-0.2, -0.15) is 13.2 Å². The number of rotatable bonds is 5. The van der Waals surface area contributed by atoms with Crippen LogP contribution in [0.5, 0.6) is 0 Å². The Morgan fingerprint density at radius 1 is 1.23 bits per heavy atom. The molecule has 1 aromatic rings. The van der Waals surface area contributed by atoms with Crippen LogP contribution in [0.4, 0.5) is 13.2 Å². The predicted octanol–water partition coefficient (Wildman–Crippen LogP) is 2.65. The molecule has 0 bridgehead atoms. The topological polar surface area (TPSA) is 44.4 Å². The second-order valence-corrected chi connectivity index (χ2v) is 6.99. The number of nitrogens with one attached hydrogen (secondary N) is 2. The highest BCUT2D eigenvalue weighted by Crippen LogP contribution is 2.28. The quantitative estimate of drug-likeness (QED) is 0.808. The monoisotopic (exact) mass is 393 g/mol. The van der Waals surface area contributed by atoms with E-state index < -0.39 is 30.1 Å². The lowest BCUT2D eigenvalue weighted by Crippen LogP contribution is -2.58. The first kappa shape index (κ1) is 22.7. The van der Waals surface area contributed by atoms with E-state index in [4.69, 9.17) is 0 Å². The number of alkyl halides is 3. The first-order chi connectivity index (χ1) is 11.6. The summed E-state index contributed by atoms with van der Waals surface area (Å²) in [5.41, 5.74) is 0.862. The van der Waals surface area contributed by atoms with Crippen LogP contribution in [0.15, 0.2) is 24.3 Å². The van der Waals surface area contributed by atoms with Crippen molar-refractivity contribution < 1.29 is 18.0 Å². The number of nitrogens with zero attached hydrogens (tertiary/aromatic N) is 1. The van der Waals surface area contributed by atoms with Crippen molar-refractivity contribution in [2.45, 2.75) is 38.4 Å². The number of hydrogen-bond acceptors (Lipinski definition) is 3. The molecule has 2 rings (SSSR count). The maximum absolute atomic E-state index is 13.4. The predicted molar refractivity (Wildman–Crippen MR) is 98.7 cm³/mol. The molecule has 0 aliphatic carbocycles. The van der Waals surface area contributed by atoms with E-state index >= 15 is 0 Å². The molecule has 4 nitrogen and oxygen atoms in total. The molecule has 1 amide bonds. The number of carbonyl (C=O) groups excluding carboxylic acids is 1. The summed E-state index contributed by atoms with van der Waals surface area (Å²) in [6.07, 6.45) is -4.38. The molecule has 148 valence electrons. The summed E-state index contributed by atoms with van der Waals surface area (Å²) in [4.78, 5) is 14.0. The highest BCUT2D eigenvalue weighted by Gasteiger charge is 2.44. The molecule has 1 aromatic carbocycles. The number of halogens is 4. The largest absolute Gasteiger partial charge is 0.405 e. The molecule has 1 aliphatic rings. The van der Waals surface area contributed by atoms with Crippen LogP contribution in [-0.4, -0.2) is 55.7 Å². The SMILES string of the molecule is Cc1ccccc1C(C)(C)C(=O)NCC(N1CCNCC1)C(F)(F)F.Cl. The van der Waals surface area contributed by atoms with Gasteiger partial charge in [0.25, 0.3) is 0 Å². The van der Waals surface area contributed by atoms with Crippen LogP contribution < -0.4 is 10.6 Å². The van der Waals surface area contributed by atoms with Crippen molar-refractivity contribution >= 4 is 18.3 Å². The molecule has 8 heteroatoms. The number of aryl methyl sites for hydroxylation is 1. The molecule has 0 spiro atoms. The Balaban J connectivity index is 0.00000338. The van der Waals surface area contributed by atoms with Crippen LogP contribution in [0, 0.1) is 6.92 Å². The smallest absolute Gasteiger partial charge is 0.353 e. The summed E-state index contributed by atoms with van der Waals surface area (Å²) in [7, 11) is 0. The van der Waals surface area contributed by atoms with Gasteiger partial charge in [0, 0.05) is 32.7 Å². The van der Waals surface area contributed by atoms with Gasteiger partial charge in [0.05, 0.1) is 5.41 Å². The maximum atomic E-state index is 13.4. The fourth-order valence-electron chi connectivity index (χ4n) is 3.25. The zero-order chi connectivity index (χ0) is 18.7. The highest BCUT2D eigenvalue weighted by molar-refractivity contribution is 5.87. The van der Waals surface area contributed by atoms with Crippen LogP contribution in [0.2, 0.25) is 0 Å². The van der Waals surface area contributed by atoms with Crippen LogP contribution in [-0.2, 0) is 10.2 Å². The fraction of sp³-hybridized carbons (Fsp3) is 0.611. The number of benzene rings is 1. The lowest BCUT2D eigenvalue weighted by molar-refractivity contribution is -0.184. The van der Waals surface area contributed by atoms with Gasteiger partial charge in [-0.25, -0.2) is 0 Å². The van der Waals surface area contributed by atoms with E-state index in [-0.39, 0.29) is 12.4 Å². The third-order valence-electron chi connectivity index (χ3n) is 4.81. The highest BCUT2D eigenvalue weighted by atomic mass is 35.5. The van der Waals surface area contributed by atoms with E-state index in [0.717, 1.165) is 11.1 Å². The van der Waals surface area contributed by atoms with Crippen molar-refractivity contribution in [2.75, 3.05) is 32.7 Å². The molecule has 1 unspecified atom stereocenters. The zero-order valence-corrected chi connectivity index (χ0v) is 16.1. The Morgan fingerprint density at radius 3 is 2.35 bits per heavy atom. The Labute approximate surface area is 158 Å². The second-order valence-electron chi connectivity index (χ2n) is 6.99. The van der Waals surface area contributed by atoms with E-state index in [9.17, 15) is 18.0 Å². The number of hydrogen-bond donors (Lipinski definition) is 2. The normalized spacial score (nSPS) is 17.3. The van der Waals surface area contributed by atoms with Crippen molar-refractivity contribution in [3.8, 4) is 0 Å². The van der Waals surface area contributed by atoms with E-state index in [2.05, 4.69) is 10.6 Å². The minimum absolute atomic E-state index is 0. The molecular weight excluding hydrogens is 367 g/mol. The van der Waals surface area contributed by atoms with Gasteiger partial charge in [-0.05, 0) is 31.9 Å².